The lowest BCUT2D eigenvalue weighted by atomic mass is 9.83. The first-order valence-electron chi connectivity index (χ1n) is 4.87. The molecule has 0 aromatic rings. The van der Waals surface area contributed by atoms with Crippen molar-refractivity contribution in [2.24, 2.45) is 5.92 Å². The first kappa shape index (κ1) is 14.7. The third-order valence-electron chi connectivity index (χ3n) is 2.57. The van der Waals surface area contributed by atoms with Crippen molar-refractivity contribution in [2.75, 3.05) is 5.75 Å². The highest BCUT2D eigenvalue weighted by molar-refractivity contribution is 7.92. The maximum absolute atomic E-state index is 12.3. The number of hydrogen-bond acceptors (Lipinski definition) is 4. The van der Waals surface area contributed by atoms with Crippen molar-refractivity contribution in [1.82, 2.24) is 0 Å². The van der Waals surface area contributed by atoms with Gasteiger partial charge in [-0.05, 0) is 0 Å². The molecule has 0 spiro atoms. The van der Waals surface area contributed by atoms with E-state index >= 15 is 0 Å². The Bertz CT molecular complexity index is 515. The molecule has 4 nitrogen and oxygen atoms in total. The van der Waals surface area contributed by atoms with E-state index in [1.54, 1.807) is 6.07 Å². The minimum Gasteiger partial charge on any atom is -0.384 e. The highest BCUT2D eigenvalue weighted by Gasteiger charge is 2.51. The zero-order valence-electron chi connectivity index (χ0n) is 9.05. The predicted octanol–water partition coefficient (Wildman–Crippen LogP) is 1.31. The molecule has 0 saturated carbocycles. The Morgan fingerprint density at radius 3 is 2.50 bits per heavy atom. The largest absolute Gasteiger partial charge is 0.497 e. The van der Waals surface area contributed by atoms with E-state index in [0.29, 0.717) is 0 Å². The van der Waals surface area contributed by atoms with Gasteiger partial charge in [-0.15, -0.1) is 0 Å². The van der Waals surface area contributed by atoms with Crippen molar-refractivity contribution < 1.29 is 26.7 Å². The van der Waals surface area contributed by atoms with Crippen molar-refractivity contribution in [2.45, 2.75) is 17.5 Å². The fraction of sp³-hybridized carbons (Fsp3) is 0.500. The molecule has 0 amide bonds. The van der Waals surface area contributed by atoms with Gasteiger partial charge in [-0.2, -0.15) is 18.4 Å². The molecule has 18 heavy (non-hydrogen) atoms. The van der Waals surface area contributed by atoms with Gasteiger partial charge in [-0.1, -0.05) is 24.3 Å². The molecule has 1 rings (SSSR count). The van der Waals surface area contributed by atoms with Crippen LogP contribution in [0.1, 0.15) is 6.42 Å². The van der Waals surface area contributed by atoms with Gasteiger partial charge in [0.25, 0.3) is 9.84 Å². The predicted molar refractivity (Wildman–Crippen MR) is 56.8 cm³/mol. The number of hydrogen-bond donors (Lipinski definition) is 1. The van der Waals surface area contributed by atoms with E-state index in [1.807, 2.05) is 0 Å². The molecule has 0 saturated heterocycles. The van der Waals surface area contributed by atoms with Crippen LogP contribution in [0.5, 0.6) is 0 Å². The quantitative estimate of drug-likeness (QED) is 0.846. The molecule has 0 radical (unpaired) electrons. The Morgan fingerprint density at radius 2 is 2.00 bits per heavy atom. The van der Waals surface area contributed by atoms with Gasteiger partial charge in [0.15, 0.2) is 0 Å². The molecule has 1 aliphatic rings. The zero-order chi connectivity index (χ0) is 14.0. The lowest BCUT2D eigenvalue weighted by Gasteiger charge is -2.32. The van der Waals surface area contributed by atoms with Crippen molar-refractivity contribution in [1.29, 1.82) is 5.26 Å². The average molecular weight is 281 g/mol. The second-order valence-corrected chi connectivity index (χ2v) is 5.89. The van der Waals surface area contributed by atoms with Gasteiger partial charge < -0.3 is 5.11 Å². The van der Waals surface area contributed by atoms with E-state index in [2.05, 4.69) is 0 Å². The highest BCUT2D eigenvalue weighted by Crippen LogP contribution is 2.33. The highest BCUT2D eigenvalue weighted by atomic mass is 32.2. The van der Waals surface area contributed by atoms with Crippen LogP contribution in [-0.4, -0.2) is 30.4 Å². The summed E-state index contributed by atoms with van der Waals surface area (Å²) < 4.78 is 58.9. The topological polar surface area (TPSA) is 78.2 Å². The van der Waals surface area contributed by atoms with Crippen LogP contribution in [0.2, 0.25) is 0 Å². The van der Waals surface area contributed by atoms with E-state index in [0.717, 1.165) is 6.08 Å². The van der Waals surface area contributed by atoms with Gasteiger partial charge in [0, 0.05) is 12.3 Å². The van der Waals surface area contributed by atoms with Crippen LogP contribution in [-0.2, 0) is 9.84 Å². The van der Waals surface area contributed by atoms with E-state index in [9.17, 15) is 26.7 Å². The Hall–Kier alpha value is -1.33. The van der Waals surface area contributed by atoms with E-state index in [-0.39, 0.29) is 6.42 Å². The molecule has 8 heteroatoms. The Kier molecular flexibility index (Phi) is 3.88. The minimum atomic E-state index is -5.45. The van der Waals surface area contributed by atoms with Gasteiger partial charge in [0.2, 0.25) is 0 Å². The number of halogens is 3. The maximum atomic E-state index is 12.3. The molecule has 1 aliphatic carbocycles. The molecular formula is C10H10F3NO3S. The Balaban J connectivity index is 3.04. The summed E-state index contributed by atoms with van der Waals surface area (Å²) in [5.74, 6) is -2.47. The number of nitrogens with zero attached hydrogens (tertiary/aromatic N) is 1. The summed E-state index contributed by atoms with van der Waals surface area (Å²) in [5, 5.41) is 18.5. The normalized spacial score (nSPS) is 28.1. The number of rotatable bonds is 3. The lowest BCUT2D eigenvalue weighted by molar-refractivity contribution is -0.0459. The fourth-order valence-electron chi connectivity index (χ4n) is 1.60. The molecule has 0 aromatic heterocycles. The van der Waals surface area contributed by atoms with Crippen LogP contribution in [0.3, 0.4) is 0 Å². The molecule has 0 bridgehead atoms. The number of nitriles is 1. The van der Waals surface area contributed by atoms with Crippen LogP contribution in [0.25, 0.3) is 0 Å². The van der Waals surface area contributed by atoms with Crippen LogP contribution in [0.15, 0.2) is 24.3 Å². The number of allylic oxidation sites excluding steroid dienone is 2. The average Bonchev–Trinajstić information content (AvgIpc) is 2.19. The third-order valence-corrected chi connectivity index (χ3v) is 4.11. The summed E-state index contributed by atoms with van der Waals surface area (Å²) >= 11 is 0. The Morgan fingerprint density at radius 1 is 1.39 bits per heavy atom. The molecule has 100 valence electrons. The molecule has 1 N–H and O–H groups in total. The van der Waals surface area contributed by atoms with Gasteiger partial charge in [-0.3, -0.25) is 0 Å². The summed E-state index contributed by atoms with van der Waals surface area (Å²) in [5.41, 5.74) is -7.63. The van der Waals surface area contributed by atoms with Crippen molar-refractivity contribution in [3.8, 4) is 6.07 Å². The SMILES string of the molecule is N#CCC1C=CC=CC1(O)CS(=O)(=O)C(F)(F)F. The van der Waals surface area contributed by atoms with Crippen molar-refractivity contribution in [3.63, 3.8) is 0 Å². The van der Waals surface area contributed by atoms with Gasteiger partial charge >= 0.3 is 5.51 Å². The second-order valence-electron chi connectivity index (χ2n) is 3.91. The number of sulfone groups is 1. The molecular weight excluding hydrogens is 271 g/mol. The van der Waals surface area contributed by atoms with E-state index < -0.39 is 32.6 Å². The summed E-state index contributed by atoms with van der Waals surface area (Å²) in [6.45, 7) is 0. The smallest absolute Gasteiger partial charge is 0.384 e. The van der Waals surface area contributed by atoms with Crippen molar-refractivity contribution >= 4 is 9.84 Å². The fourth-order valence-corrected chi connectivity index (χ4v) is 2.68. The third kappa shape index (κ3) is 2.91. The zero-order valence-corrected chi connectivity index (χ0v) is 9.87. The molecule has 0 heterocycles. The molecule has 2 atom stereocenters. The van der Waals surface area contributed by atoms with Crippen LogP contribution < -0.4 is 0 Å². The number of aliphatic hydroxyl groups is 1. The van der Waals surface area contributed by atoms with Crippen molar-refractivity contribution in [3.05, 3.63) is 24.3 Å². The summed E-state index contributed by atoms with van der Waals surface area (Å²) in [6, 6.07) is 1.70. The van der Waals surface area contributed by atoms with E-state index in [4.69, 9.17) is 5.26 Å². The van der Waals surface area contributed by atoms with Crippen LogP contribution in [0.4, 0.5) is 13.2 Å². The van der Waals surface area contributed by atoms with Gasteiger partial charge in [-0.25, -0.2) is 8.42 Å². The lowest BCUT2D eigenvalue weighted by Crippen LogP contribution is -2.46. The summed E-state index contributed by atoms with van der Waals surface area (Å²) in [6.07, 6.45) is 4.70. The standard InChI is InChI=1S/C10H10F3NO3S/c11-10(12,13)18(16,17)7-9(15)5-2-1-3-8(9)4-6-14/h1-3,5,8,15H,4,7H2. The molecule has 2 unspecified atom stereocenters. The van der Waals surface area contributed by atoms with E-state index in [1.165, 1.54) is 18.2 Å². The van der Waals surface area contributed by atoms with Crippen LogP contribution >= 0.6 is 0 Å². The number of alkyl halides is 3. The first-order chi connectivity index (χ1) is 8.12. The summed E-state index contributed by atoms with van der Waals surface area (Å²) in [4.78, 5) is 0. The van der Waals surface area contributed by atoms with Gasteiger partial charge in [0.05, 0.1) is 11.8 Å². The van der Waals surface area contributed by atoms with Crippen LogP contribution in [0, 0.1) is 17.2 Å². The van der Waals surface area contributed by atoms with Gasteiger partial charge in [0.1, 0.15) is 5.60 Å². The maximum Gasteiger partial charge on any atom is 0.497 e. The second kappa shape index (κ2) is 4.74. The Labute approximate surface area is 102 Å². The minimum absolute atomic E-state index is 0.273. The first-order valence-corrected chi connectivity index (χ1v) is 6.52. The monoisotopic (exact) mass is 281 g/mol. The molecule has 0 aromatic carbocycles. The summed E-state index contributed by atoms with van der Waals surface area (Å²) in [7, 11) is -5.45. The molecule has 0 fully saturated rings. The molecule has 0 aliphatic heterocycles.